The Kier molecular flexibility index (Phi) is 6.24. The molecule has 9 heteroatoms. The molecule has 3 aromatic rings. The predicted octanol–water partition coefficient (Wildman–Crippen LogP) is 6.20. The Bertz CT molecular complexity index is 1150. The number of hydrogen-bond acceptors (Lipinski definition) is 3. The number of benzene rings is 2. The highest BCUT2D eigenvalue weighted by Crippen LogP contribution is 2.35. The number of nitrogens with zero attached hydrogens (tertiary/aromatic N) is 1. The van der Waals surface area contributed by atoms with E-state index in [9.17, 15) is 22.4 Å². The van der Waals surface area contributed by atoms with Crippen molar-refractivity contribution in [2.75, 3.05) is 5.32 Å². The Balaban J connectivity index is 1.53. The van der Waals surface area contributed by atoms with Crippen LogP contribution >= 0.6 is 11.6 Å². The van der Waals surface area contributed by atoms with Crippen LogP contribution in [-0.4, -0.2) is 23.0 Å². The van der Waals surface area contributed by atoms with E-state index >= 15 is 0 Å². The van der Waals surface area contributed by atoms with Crippen LogP contribution in [-0.2, 0) is 6.18 Å². The third-order valence-corrected chi connectivity index (χ3v) is 5.75. The number of carbonyl (C=O) groups is 1. The summed E-state index contributed by atoms with van der Waals surface area (Å²) in [6.45, 7) is 0. The smallest absolute Gasteiger partial charge is 0.382 e. The molecule has 1 saturated carbocycles. The van der Waals surface area contributed by atoms with Crippen LogP contribution in [0, 0.1) is 5.82 Å². The van der Waals surface area contributed by atoms with E-state index in [-0.39, 0.29) is 29.1 Å². The minimum Gasteiger partial charge on any atom is -0.382 e. The Morgan fingerprint density at radius 3 is 2.59 bits per heavy atom. The van der Waals surface area contributed by atoms with Crippen molar-refractivity contribution in [1.29, 1.82) is 0 Å². The van der Waals surface area contributed by atoms with E-state index in [1.165, 1.54) is 36.4 Å². The van der Waals surface area contributed by atoms with Gasteiger partial charge < -0.3 is 10.6 Å². The second kappa shape index (κ2) is 8.94. The van der Waals surface area contributed by atoms with E-state index in [4.69, 9.17) is 11.6 Å². The average Bonchev–Trinajstić information content (AvgIpc) is 2.73. The van der Waals surface area contributed by atoms with E-state index in [1.807, 2.05) is 0 Å². The van der Waals surface area contributed by atoms with Gasteiger partial charge >= 0.3 is 6.18 Å². The maximum absolute atomic E-state index is 13.4. The van der Waals surface area contributed by atoms with Gasteiger partial charge in [0.1, 0.15) is 11.5 Å². The summed E-state index contributed by atoms with van der Waals surface area (Å²) < 4.78 is 53.5. The molecule has 1 unspecified atom stereocenters. The summed E-state index contributed by atoms with van der Waals surface area (Å²) >= 11 is 6.06. The number of rotatable bonds is 4. The summed E-state index contributed by atoms with van der Waals surface area (Å²) in [6, 6.07) is 10.6. The fourth-order valence-corrected chi connectivity index (χ4v) is 4.21. The molecule has 1 amide bonds. The van der Waals surface area contributed by atoms with Crippen LogP contribution < -0.4 is 10.6 Å². The van der Waals surface area contributed by atoms with E-state index in [0.717, 1.165) is 25.3 Å². The first-order valence-electron chi connectivity index (χ1n) is 10.2. The van der Waals surface area contributed by atoms with Gasteiger partial charge in [-0.25, -0.2) is 9.37 Å². The molecular formula is C23H20ClF4N3O. The van der Waals surface area contributed by atoms with Gasteiger partial charge in [-0.05, 0) is 68.1 Å². The van der Waals surface area contributed by atoms with Crippen molar-refractivity contribution in [1.82, 2.24) is 10.3 Å². The van der Waals surface area contributed by atoms with Crippen molar-refractivity contribution in [2.45, 2.75) is 43.9 Å². The molecule has 1 heterocycles. The normalized spacial score (nSPS) is 19.0. The van der Waals surface area contributed by atoms with Gasteiger partial charge in [0.05, 0.1) is 5.52 Å². The number of carbonyl (C=O) groups excluding carboxylic acids is 1. The quantitative estimate of drug-likeness (QED) is 0.451. The van der Waals surface area contributed by atoms with E-state index in [0.29, 0.717) is 22.5 Å². The fraction of sp³-hybridized carbons (Fsp3) is 0.304. The van der Waals surface area contributed by atoms with E-state index in [1.54, 1.807) is 6.07 Å². The molecule has 2 aromatic carbocycles. The molecule has 0 saturated heterocycles. The number of anilines is 1. The highest BCUT2D eigenvalue weighted by atomic mass is 35.5. The van der Waals surface area contributed by atoms with Gasteiger partial charge in [0.25, 0.3) is 5.91 Å². The molecule has 2 N–H and O–H groups in total. The summed E-state index contributed by atoms with van der Waals surface area (Å²) in [5, 5.41) is 7.00. The fourth-order valence-electron chi connectivity index (χ4n) is 4.03. The molecule has 0 bridgehead atoms. The zero-order chi connectivity index (χ0) is 22.9. The Morgan fingerprint density at radius 2 is 1.84 bits per heavy atom. The molecule has 0 spiro atoms. The zero-order valence-electron chi connectivity index (χ0n) is 16.8. The van der Waals surface area contributed by atoms with Crippen molar-refractivity contribution in [2.24, 2.45) is 0 Å². The first-order chi connectivity index (χ1) is 15.2. The van der Waals surface area contributed by atoms with E-state index in [2.05, 4.69) is 15.6 Å². The van der Waals surface area contributed by atoms with Crippen molar-refractivity contribution in [3.63, 3.8) is 0 Å². The van der Waals surface area contributed by atoms with Crippen molar-refractivity contribution in [3.05, 3.63) is 70.6 Å². The first kappa shape index (κ1) is 22.3. The molecule has 4 nitrogen and oxygen atoms in total. The third kappa shape index (κ3) is 5.12. The van der Waals surface area contributed by atoms with Gasteiger partial charge in [-0.3, -0.25) is 4.79 Å². The lowest BCUT2D eigenvalue weighted by Gasteiger charge is -2.31. The zero-order valence-corrected chi connectivity index (χ0v) is 17.6. The minimum atomic E-state index is -4.59. The number of fused-ring (bicyclic) bond motifs is 1. The van der Waals surface area contributed by atoms with Crippen LogP contribution in [0.2, 0.25) is 5.02 Å². The summed E-state index contributed by atoms with van der Waals surface area (Å²) in [4.78, 5) is 16.2. The summed E-state index contributed by atoms with van der Waals surface area (Å²) in [7, 11) is 0. The highest BCUT2D eigenvalue weighted by Gasteiger charge is 2.34. The van der Waals surface area contributed by atoms with Gasteiger partial charge in [0.15, 0.2) is 0 Å². The molecular weight excluding hydrogens is 446 g/mol. The van der Waals surface area contributed by atoms with E-state index < -0.39 is 17.7 Å². The Labute approximate surface area is 187 Å². The number of halogens is 5. The van der Waals surface area contributed by atoms with Crippen molar-refractivity contribution >= 4 is 34.1 Å². The molecule has 4 rings (SSSR count). The number of alkyl halides is 3. The second-order valence-corrected chi connectivity index (χ2v) is 8.34. The molecule has 168 valence electrons. The predicted molar refractivity (Wildman–Crippen MR) is 115 cm³/mol. The molecule has 1 fully saturated rings. The number of pyridine rings is 1. The van der Waals surface area contributed by atoms with Crippen LogP contribution in [0.1, 0.15) is 41.7 Å². The molecule has 1 aliphatic rings. The van der Waals surface area contributed by atoms with Gasteiger partial charge in [0, 0.05) is 33.7 Å². The summed E-state index contributed by atoms with van der Waals surface area (Å²) in [6.07, 6.45) is -1.82. The lowest BCUT2D eigenvalue weighted by Crippen LogP contribution is -2.41. The number of aromatic nitrogens is 1. The lowest BCUT2D eigenvalue weighted by molar-refractivity contribution is -0.140. The van der Waals surface area contributed by atoms with Crippen LogP contribution in [0.25, 0.3) is 10.9 Å². The second-order valence-electron chi connectivity index (χ2n) is 7.90. The van der Waals surface area contributed by atoms with Crippen LogP contribution in [0.5, 0.6) is 0 Å². The highest BCUT2D eigenvalue weighted by molar-refractivity contribution is 6.31. The maximum atomic E-state index is 13.4. The summed E-state index contributed by atoms with van der Waals surface area (Å²) in [5.41, 5.74) is -0.267. The topological polar surface area (TPSA) is 54.0 Å². The number of nitrogens with one attached hydrogen (secondary N) is 2. The standard InChI is InChI=1S/C23H20ClF4N3O/c24-14-7-8-19-18(10-14)20(12-21(31-19)23(26,27)28)29-16-5-2-6-17(11-16)30-22(32)13-3-1-4-15(25)9-13/h1,3-4,7-10,12,16-17H,2,5-6,11H2,(H,29,31)(H,30,32)/t16-,17?/m0/s1. The first-order valence-corrected chi connectivity index (χ1v) is 10.6. The van der Waals surface area contributed by atoms with Crippen molar-refractivity contribution < 1.29 is 22.4 Å². The SMILES string of the molecule is O=C(NC1CCC[C@H](Nc2cc(C(F)(F)F)nc3ccc(Cl)cc23)C1)c1cccc(F)c1. The molecule has 0 radical (unpaired) electrons. The number of hydrogen-bond donors (Lipinski definition) is 2. The molecule has 1 aliphatic carbocycles. The van der Waals surface area contributed by atoms with Crippen LogP contribution in [0.15, 0.2) is 48.5 Å². The molecule has 0 aliphatic heterocycles. The lowest BCUT2D eigenvalue weighted by atomic mass is 9.90. The van der Waals surface area contributed by atoms with Crippen LogP contribution in [0.4, 0.5) is 23.2 Å². The van der Waals surface area contributed by atoms with Crippen LogP contribution in [0.3, 0.4) is 0 Å². The molecule has 32 heavy (non-hydrogen) atoms. The monoisotopic (exact) mass is 465 g/mol. The largest absolute Gasteiger partial charge is 0.433 e. The van der Waals surface area contributed by atoms with Gasteiger partial charge in [0.2, 0.25) is 0 Å². The Hall–Kier alpha value is -2.87. The van der Waals surface area contributed by atoms with Gasteiger partial charge in [-0.1, -0.05) is 17.7 Å². The van der Waals surface area contributed by atoms with Crippen molar-refractivity contribution in [3.8, 4) is 0 Å². The van der Waals surface area contributed by atoms with Gasteiger partial charge in [-0.15, -0.1) is 0 Å². The maximum Gasteiger partial charge on any atom is 0.433 e. The average molecular weight is 466 g/mol. The number of amides is 1. The van der Waals surface area contributed by atoms with Gasteiger partial charge in [-0.2, -0.15) is 13.2 Å². The molecule has 2 atom stereocenters. The third-order valence-electron chi connectivity index (χ3n) is 5.52. The summed E-state index contributed by atoms with van der Waals surface area (Å²) in [5.74, 6) is -0.875. The Morgan fingerprint density at radius 1 is 1.06 bits per heavy atom. The minimum absolute atomic E-state index is 0.160. The molecule has 1 aromatic heterocycles.